The van der Waals surface area contributed by atoms with Gasteiger partial charge in [-0.1, -0.05) is 20.8 Å². The standard InChI is InChI=1S/C15H23F2N3O/c1-15(2,3)10-5-4-7-20(8-6-10)14(21)12-9-11(13(16)17)18-19-12/h9-10,13H,4-8H2,1-3H3,(H,18,19)/t10-/m0/s1. The third-order valence-corrected chi connectivity index (χ3v) is 4.29. The smallest absolute Gasteiger partial charge is 0.279 e. The number of hydrogen-bond donors (Lipinski definition) is 1. The number of H-pyrrole nitrogens is 1. The minimum absolute atomic E-state index is 0.0829. The first-order chi connectivity index (χ1) is 9.79. The lowest BCUT2D eigenvalue weighted by atomic mass is 9.77. The highest BCUT2D eigenvalue weighted by atomic mass is 19.3. The van der Waals surface area contributed by atoms with Crippen molar-refractivity contribution in [3.63, 3.8) is 0 Å². The molecule has 1 N–H and O–H groups in total. The van der Waals surface area contributed by atoms with Gasteiger partial charge in [-0.25, -0.2) is 8.78 Å². The Hall–Kier alpha value is -1.46. The predicted molar refractivity (Wildman–Crippen MR) is 76.2 cm³/mol. The van der Waals surface area contributed by atoms with Gasteiger partial charge in [0.2, 0.25) is 0 Å². The molecular weight excluding hydrogens is 276 g/mol. The molecule has 1 fully saturated rings. The van der Waals surface area contributed by atoms with Crippen LogP contribution in [0.5, 0.6) is 0 Å². The summed E-state index contributed by atoms with van der Waals surface area (Å²) < 4.78 is 25.1. The van der Waals surface area contributed by atoms with Crippen LogP contribution in [0.25, 0.3) is 0 Å². The van der Waals surface area contributed by atoms with Crippen molar-refractivity contribution in [1.82, 2.24) is 15.1 Å². The summed E-state index contributed by atoms with van der Waals surface area (Å²) in [4.78, 5) is 14.1. The molecule has 6 heteroatoms. The van der Waals surface area contributed by atoms with E-state index >= 15 is 0 Å². The van der Waals surface area contributed by atoms with Gasteiger partial charge in [-0.3, -0.25) is 9.89 Å². The summed E-state index contributed by atoms with van der Waals surface area (Å²) in [6.07, 6.45) is 0.352. The predicted octanol–water partition coefficient (Wildman–Crippen LogP) is 3.64. The molecule has 1 aromatic rings. The Morgan fingerprint density at radius 2 is 2.10 bits per heavy atom. The minimum Gasteiger partial charge on any atom is -0.337 e. The van der Waals surface area contributed by atoms with Gasteiger partial charge in [-0.05, 0) is 36.7 Å². The molecule has 1 saturated heterocycles. The van der Waals surface area contributed by atoms with E-state index in [4.69, 9.17) is 0 Å². The van der Waals surface area contributed by atoms with Crippen LogP contribution < -0.4 is 0 Å². The number of hydrogen-bond acceptors (Lipinski definition) is 2. The SMILES string of the molecule is CC(C)(C)[C@H]1CCCN(C(=O)c2cc(C(F)F)[nH]n2)CC1. The Morgan fingerprint density at radius 3 is 2.67 bits per heavy atom. The molecule has 0 aromatic carbocycles. The first kappa shape index (κ1) is 15.9. The minimum atomic E-state index is -2.63. The van der Waals surface area contributed by atoms with E-state index in [2.05, 4.69) is 31.0 Å². The van der Waals surface area contributed by atoms with Gasteiger partial charge in [0.05, 0.1) is 0 Å². The average Bonchev–Trinajstić information content (AvgIpc) is 2.74. The molecule has 0 spiro atoms. The van der Waals surface area contributed by atoms with E-state index in [-0.39, 0.29) is 22.7 Å². The number of halogens is 2. The van der Waals surface area contributed by atoms with Crippen LogP contribution in [0, 0.1) is 11.3 Å². The van der Waals surface area contributed by atoms with Gasteiger partial charge in [-0.15, -0.1) is 0 Å². The van der Waals surface area contributed by atoms with Crippen molar-refractivity contribution >= 4 is 5.91 Å². The van der Waals surface area contributed by atoms with Crippen LogP contribution in [-0.2, 0) is 0 Å². The van der Waals surface area contributed by atoms with Crippen molar-refractivity contribution in [3.05, 3.63) is 17.5 Å². The number of likely N-dealkylation sites (tertiary alicyclic amines) is 1. The Morgan fingerprint density at radius 1 is 1.38 bits per heavy atom. The number of aromatic nitrogens is 2. The fourth-order valence-electron chi connectivity index (χ4n) is 2.89. The van der Waals surface area contributed by atoms with Gasteiger partial charge < -0.3 is 4.90 Å². The van der Waals surface area contributed by atoms with E-state index in [1.54, 1.807) is 4.90 Å². The van der Waals surface area contributed by atoms with Crippen LogP contribution >= 0.6 is 0 Å². The van der Waals surface area contributed by atoms with E-state index in [1.807, 2.05) is 0 Å². The van der Waals surface area contributed by atoms with Crippen molar-refractivity contribution in [1.29, 1.82) is 0 Å². The second-order valence-electron chi connectivity index (χ2n) is 6.80. The number of aromatic amines is 1. The fraction of sp³-hybridized carbons (Fsp3) is 0.733. The molecule has 4 nitrogen and oxygen atoms in total. The Balaban J connectivity index is 2.03. The van der Waals surface area contributed by atoms with Crippen molar-refractivity contribution in [2.24, 2.45) is 11.3 Å². The Kier molecular flexibility index (Phi) is 4.64. The zero-order valence-corrected chi connectivity index (χ0v) is 12.8. The zero-order chi connectivity index (χ0) is 15.6. The summed E-state index contributed by atoms with van der Waals surface area (Å²) in [5.41, 5.74) is 0.00840. The quantitative estimate of drug-likeness (QED) is 0.906. The molecule has 1 aromatic heterocycles. The normalized spacial score (nSPS) is 20.7. The maximum absolute atomic E-state index is 12.5. The van der Waals surface area contributed by atoms with Crippen molar-refractivity contribution in [2.45, 2.75) is 46.5 Å². The lowest BCUT2D eigenvalue weighted by molar-refractivity contribution is 0.0749. The number of carbonyl (C=O) groups excluding carboxylic acids is 1. The number of rotatable bonds is 2. The molecule has 1 aliphatic heterocycles. The van der Waals surface area contributed by atoms with Crippen molar-refractivity contribution < 1.29 is 13.6 Å². The monoisotopic (exact) mass is 299 g/mol. The molecule has 2 rings (SSSR count). The molecule has 2 heterocycles. The average molecular weight is 299 g/mol. The number of nitrogens with one attached hydrogen (secondary N) is 1. The zero-order valence-electron chi connectivity index (χ0n) is 12.8. The van der Waals surface area contributed by atoms with Gasteiger partial charge in [0.1, 0.15) is 5.69 Å². The second-order valence-corrected chi connectivity index (χ2v) is 6.80. The second kappa shape index (κ2) is 6.12. The third-order valence-electron chi connectivity index (χ3n) is 4.29. The number of carbonyl (C=O) groups is 1. The van der Waals surface area contributed by atoms with Crippen molar-refractivity contribution in [2.75, 3.05) is 13.1 Å². The summed E-state index contributed by atoms with van der Waals surface area (Å²) >= 11 is 0. The molecule has 118 valence electrons. The van der Waals surface area contributed by atoms with E-state index in [0.29, 0.717) is 19.0 Å². The van der Waals surface area contributed by atoms with E-state index < -0.39 is 6.43 Å². The lowest BCUT2D eigenvalue weighted by Gasteiger charge is -2.29. The first-order valence-corrected chi connectivity index (χ1v) is 7.42. The Labute approximate surface area is 123 Å². The molecule has 0 saturated carbocycles. The highest BCUT2D eigenvalue weighted by molar-refractivity contribution is 5.92. The molecular formula is C15H23F2N3O. The number of nitrogens with zero attached hydrogens (tertiary/aromatic N) is 2. The summed E-state index contributed by atoms with van der Waals surface area (Å²) in [5, 5.41) is 5.94. The van der Waals surface area contributed by atoms with Crippen LogP contribution in [0.2, 0.25) is 0 Å². The Bertz CT molecular complexity index is 493. The molecule has 21 heavy (non-hydrogen) atoms. The van der Waals surface area contributed by atoms with Crippen LogP contribution in [0.1, 0.15) is 62.6 Å². The van der Waals surface area contributed by atoms with Gasteiger partial charge in [0, 0.05) is 13.1 Å². The molecule has 0 radical (unpaired) electrons. The highest BCUT2D eigenvalue weighted by Crippen LogP contribution is 2.34. The summed E-state index contributed by atoms with van der Waals surface area (Å²) in [6.45, 7) is 7.99. The molecule has 0 bridgehead atoms. The van der Waals surface area contributed by atoms with Crippen LogP contribution in [-0.4, -0.2) is 34.1 Å². The maximum atomic E-state index is 12.5. The summed E-state index contributed by atoms with van der Waals surface area (Å²) in [7, 11) is 0. The van der Waals surface area contributed by atoms with E-state index in [1.165, 1.54) is 0 Å². The van der Waals surface area contributed by atoms with Gasteiger partial charge in [0.15, 0.2) is 5.69 Å². The molecule has 0 aliphatic carbocycles. The number of alkyl halides is 2. The highest BCUT2D eigenvalue weighted by Gasteiger charge is 2.29. The molecule has 1 atom stereocenters. The topological polar surface area (TPSA) is 49.0 Å². The van der Waals surface area contributed by atoms with Gasteiger partial charge in [-0.2, -0.15) is 5.10 Å². The van der Waals surface area contributed by atoms with Gasteiger partial charge >= 0.3 is 0 Å². The van der Waals surface area contributed by atoms with Crippen LogP contribution in [0.3, 0.4) is 0 Å². The largest absolute Gasteiger partial charge is 0.337 e. The first-order valence-electron chi connectivity index (χ1n) is 7.42. The van der Waals surface area contributed by atoms with E-state index in [0.717, 1.165) is 25.3 Å². The molecule has 1 aliphatic rings. The van der Waals surface area contributed by atoms with Crippen molar-refractivity contribution in [3.8, 4) is 0 Å². The molecule has 1 amide bonds. The fourth-order valence-corrected chi connectivity index (χ4v) is 2.89. The summed E-state index contributed by atoms with van der Waals surface area (Å²) in [5.74, 6) is 0.318. The summed E-state index contributed by atoms with van der Waals surface area (Å²) in [6, 6.07) is 1.15. The lowest BCUT2D eigenvalue weighted by Crippen LogP contribution is -2.32. The maximum Gasteiger partial charge on any atom is 0.279 e. The van der Waals surface area contributed by atoms with Crippen LogP contribution in [0.4, 0.5) is 8.78 Å². The van der Waals surface area contributed by atoms with Gasteiger partial charge in [0.25, 0.3) is 12.3 Å². The van der Waals surface area contributed by atoms with Crippen LogP contribution in [0.15, 0.2) is 6.07 Å². The number of amides is 1. The third kappa shape index (κ3) is 3.80. The molecule has 0 unspecified atom stereocenters. The van der Waals surface area contributed by atoms with E-state index in [9.17, 15) is 13.6 Å².